The molecule has 1 aromatic heterocycles. The van der Waals surface area contributed by atoms with E-state index in [0.29, 0.717) is 27.6 Å². The minimum atomic E-state index is -0.975. The number of carboxylic acids is 1. The van der Waals surface area contributed by atoms with Crippen LogP contribution < -0.4 is 0 Å². The molecule has 0 radical (unpaired) electrons. The second kappa shape index (κ2) is 5.69. The van der Waals surface area contributed by atoms with E-state index >= 15 is 0 Å². The minimum absolute atomic E-state index is 0.289. The standard InChI is InChI=1S/C12H13Cl2NO3S/c1-6-2-3-15(8(4-6)12(17)18)11(16)7-5-9(13)19-10(7)14/h5-6,8H,2-4H2,1H3,(H,17,18). The van der Waals surface area contributed by atoms with E-state index in [4.69, 9.17) is 23.2 Å². The number of hydrogen-bond acceptors (Lipinski definition) is 3. The van der Waals surface area contributed by atoms with E-state index in [1.165, 1.54) is 11.0 Å². The first kappa shape index (κ1) is 14.6. The molecule has 104 valence electrons. The predicted molar refractivity (Wildman–Crippen MR) is 75.2 cm³/mol. The van der Waals surface area contributed by atoms with Crippen molar-refractivity contribution in [2.24, 2.45) is 5.92 Å². The summed E-state index contributed by atoms with van der Waals surface area (Å²) in [5.41, 5.74) is 0.289. The molecule has 1 amide bonds. The van der Waals surface area contributed by atoms with Gasteiger partial charge in [0.15, 0.2) is 0 Å². The highest BCUT2D eigenvalue weighted by molar-refractivity contribution is 7.20. The molecule has 0 saturated carbocycles. The molecule has 4 nitrogen and oxygen atoms in total. The molecule has 0 aromatic carbocycles. The van der Waals surface area contributed by atoms with E-state index in [0.717, 1.165) is 17.8 Å². The van der Waals surface area contributed by atoms with Gasteiger partial charge in [-0.2, -0.15) is 0 Å². The van der Waals surface area contributed by atoms with Crippen LogP contribution in [0.1, 0.15) is 30.1 Å². The maximum atomic E-state index is 12.4. The van der Waals surface area contributed by atoms with Crippen molar-refractivity contribution in [3.05, 3.63) is 20.3 Å². The number of amides is 1. The molecule has 1 aromatic rings. The van der Waals surface area contributed by atoms with E-state index in [1.54, 1.807) is 0 Å². The summed E-state index contributed by atoms with van der Waals surface area (Å²) in [6.07, 6.45) is 1.27. The number of thiophene rings is 1. The Hall–Kier alpha value is -0.780. The lowest BCUT2D eigenvalue weighted by Gasteiger charge is -2.35. The van der Waals surface area contributed by atoms with Gasteiger partial charge in [-0.25, -0.2) is 4.79 Å². The third-order valence-electron chi connectivity index (χ3n) is 3.30. The summed E-state index contributed by atoms with van der Waals surface area (Å²) >= 11 is 12.9. The largest absolute Gasteiger partial charge is 0.480 e. The van der Waals surface area contributed by atoms with Gasteiger partial charge in [-0.15, -0.1) is 11.3 Å². The van der Waals surface area contributed by atoms with Crippen LogP contribution in [-0.2, 0) is 4.79 Å². The number of carboxylic acid groups (broad SMARTS) is 1. The first-order valence-electron chi connectivity index (χ1n) is 5.88. The van der Waals surface area contributed by atoms with Gasteiger partial charge >= 0.3 is 5.97 Å². The van der Waals surface area contributed by atoms with Crippen molar-refractivity contribution in [1.29, 1.82) is 0 Å². The highest BCUT2D eigenvalue weighted by Crippen LogP contribution is 2.33. The maximum absolute atomic E-state index is 12.4. The normalized spacial score (nSPS) is 23.4. The molecule has 0 aliphatic carbocycles. The molecule has 2 rings (SSSR count). The van der Waals surface area contributed by atoms with Crippen LogP contribution in [0.15, 0.2) is 6.07 Å². The topological polar surface area (TPSA) is 57.6 Å². The van der Waals surface area contributed by atoms with Crippen LogP contribution >= 0.6 is 34.5 Å². The summed E-state index contributed by atoms with van der Waals surface area (Å²) in [4.78, 5) is 25.0. The fraction of sp³-hybridized carbons (Fsp3) is 0.500. The third-order valence-corrected chi connectivity index (χ3v) is 4.79. The average Bonchev–Trinajstić information content (AvgIpc) is 2.67. The van der Waals surface area contributed by atoms with Gasteiger partial charge in [0.05, 0.1) is 9.90 Å². The highest BCUT2D eigenvalue weighted by atomic mass is 35.5. The molecule has 1 aliphatic rings. The fourth-order valence-electron chi connectivity index (χ4n) is 2.26. The molecule has 1 N–H and O–H groups in total. The van der Waals surface area contributed by atoms with Crippen LogP contribution in [0.2, 0.25) is 8.67 Å². The summed E-state index contributed by atoms with van der Waals surface area (Å²) in [6, 6.07) is 0.708. The van der Waals surface area contributed by atoms with E-state index < -0.39 is 12.0 Å². The zero-order valence-corrected chi connectivity index (χ0v) is 12.6. The zero-order valence-electron chi connectivity index (χ0n) is 10.2. The van der Waals surface area contributed by atoms with Crippen molar-refractivity contribution in [3.63, 3.8) is 0 Å². The number of hydrogen-bond donors (Lipinski definition) is 1. The van der Waals surface area contributed by atoms with Gasteiger partial charge in [-0.3, -0.25) is 4.79 Å². The second-order valence-corrected chi connectivity index (χ2v) is 7.01. The first-order chi connectivity index (χ1) is 8.90. The van der Waals surface area contributed by atoms with Gasteiger partial charge in [0.1, 0.15) is 10.4 Å². The van der Waals surface area contributed by atoms with Crippen LogP contribution in [0.5, 0.6) is 0 Å². The van der Waals surface area contributed by atoms with Crippen molar-refractivity contribution in [2.75, 3.05) is 6.54 Å². The number of piperidine rings is 1. The van der Waals surface area contributed by atoms with Crippen molar-refractivity contribution < 1.29 is 14.7 Å². The quantitative estimate of drug-likeness (QED) is 0.908. The molecular formula is C12H13Cl2NO3S. The molecule has 0 spiro atoms. The fourth-order valence-corrected chi connectivity index (χ4v) is 3.71. The van der Waals surface area contributed by atoms with Crippen LogP contribution in [0.4, 0.5) is 0 Å². The maximum Gasteiger partial charge on any atom is 0.326 e. The third kappa shape index (κ3) is 3.04. The number of aliphatic carboxylic acids is 1. The van der Waals surface area contributed by atoms with E-state index in [1.807, 2.05) is 6.92 Å². The highest BCUT2D eigenvalue weighted by Gasteiger charge is 2.36. The van der Waals surface area contributed by atoms with Gasteiger partial charge in [0.2, 0.25) is 0 Å². The van der Waals surface area contributed by atoms with Gasteiger partial charge in [-0.05, 0) is 24.8 Å². The summed E-state index contributed by atoms with van der Waals surface area (Å²) in [6.45, 7) is 2.42. The molecule has 1 fully saturated rings. The number of likely N-dealkylation sites (tertiary alicyclic amines) is 1. The number of halogens is 2. The Morgan fingerprint density at radius 2 is 2.16 bits per heavy atom. The molecule has 1 aliphatic heterocycles. The molecule has 2 atom stereocenters. The van der Waals surface area contributed by atoms with E-state index in [2.05, 4.69) is 0 Å². The van der Waals surface area contributed by atoms with Crippen molar-refractivity contribution in [3.8, 4) is 0 Å². The van der Waals surface area contributed by atoms with Crippen molar-refractivity contribution in [1.82, 2.24) is 4.90 Å². The van der Waals surface area contributed by atoms with Crippen LogP contribution in [0, 0.1) is 5.92 Å². The second-order valence-electron chi connectivity index (χ2n) is 4.72. The predicted octanol–water partition coefficient (Wildman–Crippen LogP) is 3.38. The smallest absolute Gasteiger partial charge is 0.326 e. The van der Waals surface area contributed by atoms with Gasteiger partial charge in [-0.1, -0.05) is 30.1 Å². The number of nitrogens with zero attached hydrogens (tertiary/aromatic N) is 1. The number of carbonyl (C=O) groups is 2. The van der Waals surface area contributed by atoms with Crippen molar-refractivity contribution in [2.45, 2.75) is 25.8 Å². The van der Waals surface area contributed by atoms with Crippen LogP contribution in [0.25, 0.3) is 0 Å². The Labute approximate surface area is 124 Å². The number of rotatable bonds is 2. The first-order valence-corrected chi connectivity index (χ1v) is 7.46. The Morgan fingerprint density at radius 1 is 1.47 bits per heavy atom. The SMILES string of the molecule is CC1CCN(C(=O)c2cc(Cl)sc2Cl)C(C(=O)O)C1. The Morgan fingerprint density at radius 3 is 2.68 bits per heavy atom. The lowest BCUT2D eigenvalue weighted by molar-refractivity contribution is -0.144. The zero-order chi connectivity index (χ0) is 14.2. The molecular weight excluding hydrogens is 309 g/mol. The molecule has 2 heterocycles. The summed E-state index contributed by atoms with van der Waals surface area (Å²) in [5, 5.41) is 9.25. The minimum Gasteiger partial charge on any atom is -0.480 e. The summed E-state index contributed by atoms with van der Waals surface area (Å²) in [5.74, 6) is -1.03. The Balaban J connectivity index is 2.26. The van der Waals surface area contributed by atoms with Crippen LogP contribution in [0.3, 0.4) is 0 Å². The monoisotopic (exact) mass is 321 g/mol. The Kier molecular flexibility index (Phi) is 4.38. The summed E-state index contributed by atoms with van der Waals surface area (Å²) < 4.78 is 0.725. The summed E-state index contributed by atoms with van der Waals surface area (Å²) in [7, 11) is 0. The van der Waals surface area contributed by atoms with E-state index in [-0.39, 0.29) is 11.5 Å². The van der Waals surface area contributed by atoms with Gasteiger partial charge in [0, 0.05) is 6.54 Å². The molecule has 19 heavy (non-hydrogen) atoms. The molecule has 1 saturated heterocycles. The lowest BCUT2D eigenvalue weighted by Crippen LogP contribution is -2.49. The van der Waals surface area contributed by atoms with Crippen molar-refractivity contribution >= 4 is 46.4 Å². The van der Waals surface area contributed by atoms with Gasteiger partial charge < -0.3 is 10.0 Å². The Bertz CT molecular complexity index is 517. The molecule has 0 bridgehead atoms. The number of carbonyl (C=O) groups excluding carboxylic acids is 1. The van der Waals surface area contributed by atoms with E-state index in [9.17, 15) is 14.7 Å². The van der Waals surface area contributed by atoms with Gasteiger partial charge in [0.25, 0.3) is 5.91 Å². The lowest BCUT2D eigenvalue weighted by atomic mass is 9.92. The molecule has 7 heteroatoms. The molecule has 2 unspecified atom stereocenters. The average molecular weight is 322 g/mol. The van der Waals surface area contributed by atoms with Crippen LogP contribution in [-0.4, -0.2) is 34.5 Å².